The highest BCUT2D eigenvalue weighted by molar-refractivity contribution is 7.99. The first kappa shape index (κ1) is 23.2. The first-order chi connectivity index (χ1) is 16.0. The molecule has 0 atom stereocenters. The molecule has 3 aromatic rings. The molecule has 0 aliphatic heterocycles. The molecular weight excluding hydrogens is 448 g/mol. The number of rotatable bonds is 8. The van der Waals surface area contributed by atoms with Gasteiger partial charge in [-0.2, -0.15) is 8.78 Å². The minimum absolute atomic E-state index is 0.0542. The van der Waals surface area contributed by atoms with E-state index in [4.69, 9.17) is 4.98 Å². The lowest BCUT2D eigenvalue weighted by atomic mass is 9.95. The summed E-state index contributed by atoms with van der Waals surface area (Å²) in [5.41, 5.74) is 1.34. The fraction of sp³-hybridized carbons (Fsp3) is 0.375. The molecule has 6 nitrogen and oxygen atoms in total. The van der Waals surface area contributed by atoms with Crippen LogP contribution in [0.3, 0.4) is 0 Å². The summed E-state index contributed by atoms with van der Waals surface area (Å²) in [6.07, 6.45) is 5.20. The normalized spacial score (nSPS) is 14.5. The number of hydrogen-bond donors (Lipinski definition) is 1. The van der Waals surface area contributed by atoms with E-state index in [1.54, 1.807) is 22.8 Å². The third-order valence-corrected chi connectivity index (χ3v) is 6.64. The maximum absolute atomic E-state index is 13.3. The molecule has 1 aliphatic carbocycles. The smallest absolute Gasteiger partial charge is 0.387 e. The maximum Gasteiger partial charge on any atom is 0.387 e. The molecule has 0 saturated heterocycles. The number of fused-ring (bicyclic) bond motifs is 1. The number of para-hydroxylation sites is 1. The zero-order valence-corrected chi connectivity index (χ0v) is 18.8. The Balaban J connectivity index is 1.43. The van der Waals surface area contributed by atoms with Crippen molar-refractivity contribution in [2.45, 2.75) is 56.5 Å². The first-order valence-electron chi connectivity index (χ1n) is 11.0. The van der Waals surface area contributed by atoms with Crippen LogP contribution in [0.5, 0.6) is 5.75 Å². The number of carbonyl (C=O) groups is 1. The summed E-state index contributed by atoms with van der Waals surface area (Å²) in [5.74, 6) is -0.0198. The number of hydrogen-bond acceptors (Lipinski definition) is 5. The predicted octanol–water partition coefficient (Wildman–Crippen LogP) is 4.91. The van der Waals surface area contributed by atoms with Gasteiger partial charge in [-0.3, -0.25) is 14.2 Å². The summed E-state index contributed by atoms with van der Waals surface area (Å²) in [4.78, 5) is 30.4. The van der Waals surface area contributed by atoms with E-state index in [1.165, 1.54) is 30.3 Å². The standard InChI is InChI=1S/C24H25F2N3O3S/c25-23(26)32-18-12-10-16(11-13-18)14-27-21(30)15-33-24-28-20-9-5-4-8-19(20)22(31)29(24)17-6-2-1-3-7-17/h4-5,8-13,17,23H,1-3,6-7,14-15H2,(H,27,30). The van der Waals surface area contributed by atoms with Gasteiger partial charge in [-0.25, -0.2) is 4.98 Å². The number of thioether (sulfide) groups is 1. The lowest BCUT2D eigenvalue weighted by Crippen LogP contribution is -2.30. The van der Waals surface area contributed by atoms with E-state index in [0.717, 1.165) is 31.2 Å². The van der Waals surface area contributed by atoms with Gasteiger partial charge in [0.05, 0.1) is 16.7 Å². The van der Waals surface area contributed by atoms with E-state index in [1.807, 2.05) is 18.2 Å². The SMILES string of the molecule is O=C(CSc1nc2ccccc2c(=O)n1C1CCCCC1)NCc1ccc(OC(F)F)cc1. The van der Waals surface area contributed by atoms with Crippen molar-refractivity contribution in [1.82, 2.24) is 14.9 Å². The summed E-state index contributed by atoms with van der Waals surface area (Å²) in [6, 6.07) is 13.5. The third-order valence-electron chi connectivity index (χ3n) is 5.69. The van der Waals surface area contributed by atoms with Crippen LogP contribution in [0, 0.1) is 0 Å². The van der Waals surface area contributed by atoms with Gasteiger partial charge in [-0.1, -0.05) is 55.3 Å². The van der Waals surface area contributed by atoms with Crippen LogP contribution in [0.4, 0.5) is 8.78 Å². The van der Waals surface area contributed by atoms with E-state index >= 15 is 0 Å². The van der Waals surface area contributed by atoms with E-state index < -0.39 is 6.61 Å². The molecule has 4 rings (SSSR count). The molecule has 1 aliphatic rings. The van der Waals surface area contributed by atoms with Crippen molar-refractivity contribution in [2.24, 2.45) is 0 Å². The molecule has 0 radical (unpaired) electrons. The highest BCUT2D eigenvalue weighted by Crippen LogP contribution is 2.31. The van der Waals surface area contributed by atoms with E-state index in [2.05, 4.69) is 10.1 Å². The number of aromatic nitrogens is 2. The van der Waals surface area contributed by atoms with Gasteiger partial charge in [0.25, 0.3) is 5.56 Å². The molecule has 1 amide bonds. The highest BCUT2D eigenvalue weighted by Gasteiger charge is 2.22. The van der Waals surface area contributed by atoms with Crippen LogP contribution in [0.15, 0.2) is 58.5 Å². The number of ether oxygens (including phenoxy) is 1. The number of benzene rings is 2. The van der Waals surface area contributed by atoms with Crippen molar-refractivity contribution in [3.05, 3.63) is 64.4 Å². The van der Waals surface area contributed by atoms with Crippen LogP contribution in [0.1, 0.15) is 43.7 Å². The van der Waals surface area contributed by atoms with Crippen molar-refractivity contribution in [3.63, 3.8) is 0 Å². The van der Waals surface area contributed by atoms with Crippen molar-refractivity contribution in [2.75, 3.05) is 5.75 Å². The Kier molecular flexibility index (Phi) is 7.59. The van der Waals surface area contributed by atoms with Crippen LogP contribution in [-0.2, 0) is 11.3 Å². The summed E-state index contributed by atoms with van der Waals surface area (Å²) in [6.45, 7) is -2.61. The molecule has 0 unspecified atom stereocenters. The van der Waals surface area contributed by atoms with Crippen molar-refractivity contribution in [1.29, 1.82) is 0 Å². The molecule has 0 spiro atoms. The topological polar surface area (TPSA) is 73.2 Å². The molecule has 1 saturated carbocycles. The van der Waals surface area contributed by atoms with Crippen LogP contribution >= 0.6 is 11.8 Å². The molecule has 174 valence electrons. The second-order valence-corrected chi connectivity index (χ2v) is 8.91. The number of amides is 1. The number of halogens is 2. The van der Waals surface area contributed by atoms with Crippen LogP contribution < -0.4 is 15.6 Å². The van der Waals surface area contributed by atoms with Gasteiger partial charge >= 0.3 is 6.61 Å². The Labute approximate surface area is 194 Å². The number of carbonyl (C=O) groups excluding carboxylic acids is 1. The monoisotopic (exact) mass is 473 g/mol. The number of alkyl halides is 2. The molecule has 1 fully saturated rings. The predicted molar refractivity (Wildman–Crippen MR) is 124 cm³/mol. The van der Waals surface area contributed by atoms with Gasteiger partial charge in [0, 0.05) is 12.6 Å². The van der Waals surface area contributed by atoms with Crippen molar-refractivity contribution in [3.8, 4) is 5.75 Å². The van der Waals surface area contributed by atoms with Gasteiger partial charge in [0.15, 0.2) is 5.16 Å². The Bertz CT molecular complexity index is 1160. The van der Waals surface area contributed by atoms with Gasteiger partial charge in [0.1, 0.15) is 5.75 Å². The van der Waals surface area contributed by atoms with Crippen LogP contribution in [0.25, 0.3) is 10.9 Å². The molecule has 2 aromatic carbocycles. The number of nitrogens with one attached hydrogen (secondary N) is 1. The molecule has 1 heterocycles. The average Bonchev–Trinajstić information content (AvgIpc) is 2.82. The van der Waals surface area contributed by atoms with Gasteiger partial charge < -0.3 is 10.1 Å². The Morgan fingerprint density at radius 2 is 1.85 bits per heavy atom. The quantitative estimate of drug-likeness (QED) is 0.372. The van der Waals surface area contributed by atoms with Gasteiger partial charge in [-0.05, 0) is 42.7 Å². The minimum atomic E-state index is -2.87. The molecule has 1 aromatic heterocycles. The summed E-state index contributed by atoms with van der Waals surface area (Å²) in [7, 11) is 0. The second kappa shape index (κ2) is 10.8. The molecular formula is C24H25F2N3O3S. The van der Waals surface area contributed by atoms with Crippen LogP contribution in [0.2, 0.25) is 0 Å². The van der Waals surface area contributed by atoms with E-state index in [9.17, 15) is 18.4 Å². The molecule has 9 heteroatoms. The lowest BCUT2D eigenvalue weighted by Gasteiger charge is -2.26. The Morgan fingerprint density at radius 3 is 2.58 bits per heavy atom. The third kappa shape index (κ3) is 5.90. The lowest BCUT2D eigenvalue weighted by molar-refractivity contribution is -0.118. The molecule has 33 heavy (non-hydrogen) atoms. The fourth-order valence-electron chi connectivity index (χ4n) is 4.06. The van der Waals surface area contributed by atoms with Crippen LogP contribution in [-0.4, -0.2) is 27.8 Å². The molecule has 1 N–H and O–H groups in total. The summed E-state index contributed by atoms with van der Waals surface area (Å²) in [5, 5.41) is 3.97. The number of nitrogens with zero attached hydrogens (tertiary/aromatic N) is 2. The minimum Gasteiger partial charge on any atom is -0.435 e. The van der Waals surface area contributed by atoms with E-state index in [0.29, 0.717) is 16.1 Å². The van der Waals surface area contributed by atoms with Gasteiger partial charge in [0.2, 0.25) is 5.91 Å². The van der Waals surface area contributed by atoms with Crippen molar-refractivity contribution < 1.29 is 18.3 Å². The first-order valence-corrected chi connectivity index (χ1v) is 11.9. The summed E-state index contributed by atoms with van der Waals surface area (Å²) >= 11 is 1.26. The zero-order valence-electron chi connectivity index (χ0n) is 18.0. The fourth-order valence-corrected chi connectivity index (χ4v) is 4.96. The Hall–Kier alpha value is -2.94. The van der Waals surface area contributed by atoms with Gasteiger partial charge in [-0.15, -0.1) is 0 Å². The Morgan fingerprint density at radius 1 is 1.12 bits per heavy atom. The van der Waals surface area contributed by atoms with Crippen molar-refractivity contribution >= 4 is 28.6 Å². The molecule has 0 bridgehead atoms. The maximum atomic E-state index is 13.3. The largest absolute Gasteiger partial charge is 0.435 e. The zero-order chi connectivity index (χ0) is 23.2. The highest BCUT2D eigenvalue weighted by atomic mass is 32.2. The second-order valence-electron chi connectivity index (χ2n) is 7.97. The van der Waals surface area contributed by atoms with E-state index in [-0.39, 0.29) is 35.6 Å². The average molecular weight is 474 g/mol. The summed E-state index contributed by atoms with van der Waals surface area (Å²) < 4.78 is 30.6.